The largest absolute Gasteiger partial charge is 0.454 e. The third-order valence-corrected chi connectivity index (χ3v) is 2.64. The molecule has 0 bridgehead atoms. The second-order valence-electron chi connectivity index (χ2n) is 3.74. The van der Waals surface area contributed by atoms with Gasteiger partial charge in [-0.3, -0.25) is 9.59 Å². The van der Waals surface area contributed by atoms with E-state index in [1.807, 2.05) is 30.3 Å². The standard InChI is InChI=1S/C12H12O3/c1-8(13)12-10(7-11(14)15-12)9-5-3-2-4-6-9/h2-6,10,12H,7H2,1H3/t10-,12-/m1/s1. The van der Waals surface area contributed by atoms with E-state index in [1.54, 1.807) is 0 Å². The normalized spacial score (nSPS) is 25.0. The van der Waals surface area contributed by atoms with Crippen molar-refractivity contribution in [2.24, 2.45) is 0 Å². The van der Waals surface area contributed by atoms with E-state index in [0.29, 0.717) is 6.42 Å². The zero-order valence-electron chi connectivity index (χ0n) is 8.47. The summed E-state index contributed by atoms with van der Waals surface area (Å²) in [6.07, 6.45) is -0.297. The molecule has 0 spiro atoms. The van der Waals surface area contributed by atoms with Crippen LogP contribution in [0.5, 0.6) is 0 Å². The number of ether oxygens (including phenoxy) is 1. The smallest absolute Gasteiger partial charge is 0.307 e. The molecule has 1 aliphatic heterocycles. The average molecular weight is 204 g/mol. The lowest BCUT2D eigenvalue weighted by Gasteiger charge is -2.14. The first-order valence-corrected chi connectivity index (χ1v) is 4.93. The summed E-state index contributed by atoms with van der Waals surface area (Å²) in [5.41, 5.74) is 0.989. The van der Waals surface area contributed by atoms with Gasteiger partial charge < -0.3 is 4.74 Å². The second kappa shape index (κ2) is 3.85. The van der Waals surface area contributed by atoms with Gasteiger partial charge in [-0.05, 0) is 12.5 Å². The second-order valence-corrected chi connectivity index (χ2v) is 3.74. The van der Waals surface area contributed by atoms with Crippen LogP contribution in [-0.2, 0) is 14.3 Å². The van der Waals surface area contributed by atoms with E-state index in [9.17, 15) is 9.59 Å². The van der Waals surface area contributed by atoms with Crippen LogP contribution in [0.1, 0.15) is 24.8 Å². The fourth-order valence-electron chi connectivity index (χ4n) is 1.92. The van der Waals surface area contributed by atoms with E-state index in [0.717, 1.165) is 5.56 Å². The Bertz CT molecular complexity index is 383. The maximum Gasteiger partial charge on any atom is 0.307 e. The van der Waals surface area contributed by atoms with Gasteiger partial charge in [0.15, 0.2) is 11.9 Å². The molecule has 15 heavy (non-hydrogen) atoms. The number of ketones is 1. The average Bonchev–Trinajstić information content (AvgIpc) is 2.62. The molecule has 0 aliphatic carbocycles. The molecule has 0 radical (unpaired) electrons. The Hall–Kier alpha value is -1.64. The molecule has 2 atom stereocenters. The van der Waals surface area contributed by atoms with Crippen LogP contribution >= 0.6 is 0 Å². The summed E-state index contributed by atoms with van der Waals surface area (Å²) in [6.45, 7) is 1.46. The SMILES string of the molecule is CC(=O)[C@H]1OC(=O)C[C@@H]1c1ccccc1. The quantitative estimate of drug-likeness (QED) is 0.688. The zero-order chi connectivity index (χ0) is 10.8. The molecule has 1 aromatic rings. The molecule has 1 saturated heterocycles. The fraction of sp³-hybridized carbons (Fsp3) is 0.333. The molecule has 1 fully saturated rings. The molecule has 1 heterocycles. The highest BCUT2D eigenvalue weighted by atomic mass is 16.6. The summed E-state index contributed by atoms with van der Waals surface area (Å²) in [5.74, 6) is -0.491. The number of rotatable bonds is 2. The van der Waals surface area contributed by atoms with E-state index < -0.39 is 6.10 Å². The third-order valence-electron chi connectivity index (χ3n) is 2.64. The minimum absolute atomic E-state index is 0.0882. The Morgan fingerprint density at radius 3 is 2.60 bits per heavy atom. The molecule has 0 amide bonds. The van der Waals surface area contributed by atoms with Crippen LogP contribution in [-0.4, -0.2) is 17.9 Å². The number of esters is 1. The van der Waals surface area contributed by atoms with Gasteiger partial charge in [-0.1, -0.05) is 30.3 Å². The summed E-state index contributed by atoms with van der Waals surface area (Å²) in [7, 11) is 0. The molecule has 0 N–H and O–H groups in total. The van der Waals surface area contributed by atoms with Crippen LogP contribution in [0.2, 0.25) is 0 Å². The van der Waals surface area contributed by atoms with Crippen molar-refractivity contribution in [3.05, 3.63) is 35.9 Å². The topological polar surface area (TPSA) is 43.4 Å². The lowest BCUT2D eigenvalue weighted by molar-refractivity contribution is -0.146. The van der Waals surface area contributed by atoms with E-state index >= 15 is 0 Å². The molecule has 2 rings (SSSR count). The first kappa shape index (κ1) is 9.90. The number of carbonyl (C=O) groups is 2. The van der Waals surface area contributed by atoms with Gasteiger partial charge in [-0.15, -0.1) is 0 Å². The fourth-order valence-corrected chi connectivity index (χ4v) is 1.92. The van der Waals surface area contributed by atoms with Gasteiger partial charge in [-0.2, -0.15) is 0 Å². The Balaban J connectivity index is 2.28. The summed E-state index contributed by atoms with van der Waals surface area (Å²) in [5, 5.41) is 0. The van der Waals surface area contributed by atoms with Crippen molar-refractivity contribution in [3.8, 4) is 0 Å². The molecular weight excluding hydrogens is 192 g/mol. The van der Waals surface area contributed by atoms with Crippen molar-refractivity contribution in [1.82, 2.24) is 0 Å². The van der Waals surface area contributed by atoms with E-state index in [4.69, 9.17) is 4.74 Å². The molecule has 0 saturated carbocycles. The number of cyclic esters (lactones) is 1. The van der Waals surface area contributed by atoms with Crippen LogP contribution in [0.25, 0.3) is 0 Å². The Morgan fingerprint density at radius 1 is 1.33 bits per heavy atom. The monoisotopic (exact) mass is 204 g/mol. The van der Waals surface area contributed by atoms with Gasteiger partial charge in [0.2, 0.25) is 0 Å². The first-order chi connectivity index (χ1) is 7.18. The van der Waals surface area contributed by atoms with Crippen LogP contribution in [0.3, 0.4) is 0 Å². The van der Waals surface area contributed by atoms with E-state index in [-0.39, 0.29) is 17.7 Å². The van der Waals surface area contributed by atoms with Crippen molar-refractivity contribution >= 4 is 11.8 Å². The predicted octanol–water partition coefficient (Wildman–Crippen LogP) is 1.67. The van der Waals surface area contributed by atoms with Crippen molar-refractivity contribution in [3.63, 3.8) is 0 Å². The first-order valence-electron chi connectivity index (χ1n) is 4.93. The molecule has 0 aromatic heterocycles. The predicted molar refractivity (Wildman–Crippen MR) is 54.4 cm³/mol. The Morgan fingerprint density at radius 2 is 2.00 bits per heavy atom. The highest BCUT2D eigenvalue weighted by molar-refractivity contribution is 5.88. The summed E-state index contributed by atoms with van der Waals surface area (Å²) >= 11 is 0. The Labute approximate surface area is 88.1 Å². The van der Waals surface area contributed by atoms with Gasteiger partial charge in [0.25, 0.3) is 0 Å². The van der Waals surface area contributed by atoms with Crippen molar-refractivity contribution in [2.45, 2.75) is 25.4 Å². The molecule has 3 nitrogen and oxygen atoms in total. The zero-order valence-corrected chi connectivity index (χ0v) is 8.47. The molecular formula is C12H12O3. The van der Waals surface area contributed by atoms with Crippen LogP contribution in [0.4, 0.5) is 0 Å². The lowest BCUT2D eigenvalue weighted by atomic mass is 9.91. The summed E-state index contributed by atoms with van der Waals surface area (Å²) in [6, 6.07) is 9.54. The van der Waals surface area contributed by atoms with Crippen molar-refractivity contribution < 1.29 is 14.3 Å². The summed E-state index contributed by atoms with van der Waals surface area (Å²) in [4.78, 5) is 22.5. The van der Waals surface area contributed by atoms with Crippen LogP contribution in [0, 0.1) is 0 Å². The number of Topliss-reactive ketones (excluding diaryl/α,β-unsaturated/α-hetero) is 1. The molecule has 78 valence electrons. The maximum atomic E-state index is 11.3. The number of carbonyl (C=O) groups excluding carboxylic acids is 2. The highest BCUT2D eigenvalue weighted by Crippen LogP contribution is 2.32. The van der Waals surface area contributed by atoms with E-state index in [1.165, 1.54) is 6.92 Å². The molecule has 3 heteroatoms. The van der Waals surface area contributed by atoms with Gasteiger partial charge in [-0.25, -0.2) is 0 Å². The highest BCUT2D eigenvalue weighted by Gasteiger charge is 2.38. The Kier molecular flexibility index (Phi) is 2.54. The number of hydrogen-bond acceptors (Lipinski definition) is 3. The van der Waals surface area contributed by atoms with Crippen molar-refractivity contribution in [1.29, 1.82) is 0 Å². The number of benzene rings is 1. The molecule has 0 unspecified atom stereocenters. The van der Waals surface area contributed by atoms with Crippen LogP contribution < -0.4 is 0 Å². The van der Waals surface area contributed by atoms with Gasteiger partial charge in [0, 0.05) is 5.92 Å². The number of hydrogen-bond donors (Lipinski definition) is 0. The van der Waals surface area contributed by atoms with Crippen molar-refractivity contribution in [2.75, 3.05) is 0 Å². The van der Waals surface area contributed by atoms with Crippen LogP contribution in [0.15, 0.2) is 30.3 Å². The maximum absolute atomic E-state index is 11.3. The molecule has 1 aromatic carbocycles. The minimum Gasteiger partial charge on any atom is -0.454 e. The van der Waals surface area contributed by atoms with Gasteiger partial charge >= 0.3 is 5.97 Å². The van der Waals surface area contributed by atoms with Gasteiger partial charge in [0.1, 0.15) is 0 Å². The lowest BCUT2D eigenvalue weighted by Crippen LogP contribution is -2.23. The van der Waals surface area contributed by atoms with Gasteiger partial charge in [0.05, 0.1) is 6.42 Å². The van der Waals surface area contributed by atoms with E-state index in [2.05, 4.69) is 0 Å². The summed E-state index contributed by atoms with van der Waals surface area (Å²) < 4.78 is 5.00. The third kappa shape index (κ3) is 1.91. The minimum atomic E-state index is -0.597. The molecule has 1 aliphatic rings.